The van der Waals surface area contributed by atoms with Crippen LogP contribution in [0.3, 0.4) is 0 Å². The first-order chi connectivity index (χ1) is 19.7. The van der Waals surface area contributed by atoms with Crippen LogP contribution in [0.1, 0.15) is 44.8 Å². The van der Waals surface area contributed by atoms with Crippen molar-refractivity contribution < 1.29 is 14.0 Å². The standard InChI is InChI=1S/C31H30ClFN6O2/c1-18-15-26-28(30(34)40)36-39(21-6-3-19(33)4-7-21)29(26)24-16-20(5-9-23(18)24)35-31(41)25-17-22(8-10-27(25)32)38-13-11-37(2)12-14-38/h3-10,16-18H,11-15H2,1-2H3,(H2,34,40)(H,35,41). The molecule has 3 N–H and O–H groups in total. The van der Waals surface area contributed by atoms with Crippen LogP contribution in [0, 0.1) is 5.82 Å². The molecule has 4 aromatic rings. The first kappa shape index (κ1) is 27.0. The van der Waals surface area contributed by atoms with Crippen molar-refractivity contribution in [2.75, 3.05) is 43.4 Å². The third-order valence-electron chi connectivity index (χ3n) is 7.96. The van der Waals surface area contributed by atoms with E-state index in [9.17, 15) is 14.0 Å². The van der Waals surface area contributed by atoms with Gasteiger partial charge in [0.05, 0.1) is 22.0 Å². The predicted octanol–water partition coefficient (Wildman–Crippen LogP) is 5.09. The molecule has 3 aromatic carbocycles. The molecule has 0 radical (unpaired) electrons. The molecule has 2 heterocycles. The van der Waals surface area contributed by atoms with E-state index in [1.54, 1.807) is 22.9 Å². The second-order valence-electron chi connectivity index (χ2n) is 10.7. The van der Waals surface area contributed by atoms with E-state index in [0.717, 1.165) is 48.6 Å². The first-order valence-corrected chi connectivity index (χ1v) is 13.9. The SMILES string of the molecule is CC1Cc2c(C(N)=O)nn(-c3ccc(F)cc3)c2-c2cc(NC(=O)c3cc(N4CCN(C)CC4)ccc3Cl)ccc21. The average Bonchev–Trinajstić information content (AvgIpc) is 3.34. The number of nitrogens with one attached hydrogen (secondary N) is 1. The van der Waals surface area contributed by atoms with Crippen molar-refractivity contribution in [2.45, 2.75) is 19.3 Å². The Kier molecular flexibility index (Phi) is 7.01. The molecule has 1 aliphatic heterocycles. The number of likely N-dealkylation sites (N-methyl/N-ethyl adjacent to an activating group) is 1. The highest BCUT2D eigenvalue weighted by atomic mass is 35.5. The van der Waals surface area contributed by atoms with Crippen LogP contribution in [0.4, 0.5) is 15.8 Å². The number of primary amides is 1. The van der Waals surface area contributed by atoms with E-state index in [2.05, 4.69) is 34.2 Å². The lowest BCUT2D eigenvalue weighted by molar-refractivity contribution is 0.0992. The molecule has 1 atom stereocenters. The number of anilines is 2. The minimum Gasteiger partial charge on any atom is -0.369 e. The van der Waals surface area contributed by atoms with E-state index in [1.165, 1.54) is 12.1 Å². The monoisotopic (exact) mass is 572 g/mol. The van der Waals surface area contributed by atoms with Crippen LogP contribution in [0.15, 0.2) is 60.7 Å². The molecule has 10 heteroatoms. The summed E-state index contributed by atoms with van der Waals surface area (Å²) in [5, 5.41) is 7.92. The maximum Gasteiger partial charge on any atom is 0.269 e. The molecule has 0 spiro atoms. The van der Waals surface area contributed by atoms with E-state index in [0.29, 0.717) is 34.1 Å². The Morgan fingerprint density at radius 2 is 1.71 bits per heavy atom. The third-order valence-corrected chi connectivity index (χ3v) is 8.29. The number of rotatable bonds is 5. The summed E-state index contributed by atoms with van der Waals surface area (Å²) >= 11 is 6.48. The lowest BCUT2D eigenvalue weighted by atomic mass is 9.81. The van der Waals surface area contributed by atoms with Crippen molar-refractivity contribution in [1.82, 2.24) is 14.7 Å². The van der Waals surface area contributed by atoms with Gasteiger partial charge in [-0.25, -0.2) is 9.07 Å². The van der Waals surface area contributed by atoms with Crippen LogP contribution in [-0.2, 0) is 6.42 Å². The highest BCUT2D eigenvalue weighted by Crippen LogP contribution is 2.43. The zero-order chi connectivity index (χ0) is 28.8. The van der Waals surface area contributed by atoms with Gasteiger partial charge in [-0.3, -0.25) is 9.59 Å². The normalized spacial score (nSPS) is 16.7. The first-order valence-electron chi connectivity index (χ1n) is 13.6. The fraction of sp³-hybridized carbons (Fsp3) is 0.258. The average molecular weight is 573 g/mol. The van der Waals surface area contributed by atoms with Gasteiger partial charge in [0.2, 0.25) is 0 Å². The van der Waals surface area contributed by atoms with Gasteiger partial charge in [-0.15, -0.1) is 0 Å². The van der Waals surface area contributed by atoms with E-state index < -0.39 is 5.91 Å². The Morgan fingerprint density at radius 1 is 1.00 bits per heavy atom. The number of hydrogen-bond acceptors (Lipinski definition) is 5. The van der Waals surface area contributed by atoms with Crippen LogP contribution >= 0.6 is 11.6 Å². The minimum absolute atomic E-state index is 0.0842. The van der Waals surface area contributed by atoms with E-state index >= 15 is 0 Å². The fourth-order valence-electron chi connectivity index (χ4n) is 5.72. The molecule has 0 saturated carbocycles. The molecule has 41 heavy (non-hydrogen) atoms. The molecular weight excluding hydrogens is 543 g/mol. The number of benzene rings is 3. The maximum atomic E-state index is 13.7. The van der Waals surface area contributed by atoms with Crippen LogP contribution in [0.25, 0.3) is 16.9 Å². The Balaban J connectivity index is 1.37. The second-order valence-corrected chi connectivity index (χ2v) is 11.2. The number of carbonyl (C=O) groups is 2. The summed E-state index contributed by atoms with van der Waals surface area (Å²) in [4.78, 5) is 30.4. The molecule has 0 bridgehead atoms. The zero-order valence-corrected chi connectivity index (χ0v) is 23.6. The van der Waals surface area contributed by atoms with Gasteiger partial charge in [0.25, 0.3) is 11.8 Å². The summed E-state index contributed by atoms with van der Waals surface area (Å²) in [6.07, 6.45) is 0.572. The van der Waals surface area contributed by atoms with Gasteiger partial charge in [0.1, 0.15) is 5.82 Å². The Bertz CT molecular complexity index is 1660. The highest BCUT2D eigenvalue weighted by molar-refractivity contribution is 6.34. The largest absolute Gasteiger partial charge is 0.369 e. The molecule has 1 aliphatic carbocycles. The summed E-state index contributed by atoms with van der Waals surface area (Å²) in [6, 6.07) is 17.2. The van der Waals surface area contributed by atoms with Crippen molar-refractivity contribution in [3.63, 3.8) is 0 Å². The third kappa shape index (κ3) is 5.07. The molecule has 8 nitrogen and oxygen atoms in total. The van der Waals surface area contributed by atoms with Crippen LogP contribution < -0.4 is 16.0 Å². The summed E-state index contributed by atoms with van der Waals surface area (Å²) < 4.78 is 15.3. The number of piperazine rings is 1. The zero-order valence-electron chi connectivity index (χ0n) is 22.8. The molecule has 6 rings (SSSR count). The minimum atomic E-state index is -0.628. The number of amides is 2. The number of nitrogens with zero attached hydrogens (tertiary/aromatic N) is 4. The number of fused-ring (bicyclic) bond motifs is 3. The van der Waals surface area contributed by atoms with Gasteiger partial charge in [0.15, 0.2) is 5.69 Å². The lowest BCUT2D eigenvalue weighted by Crippen LogP contribution is -2.44. The fourth-order valence-corrected chi connectivity index (χ4v) is 5.92. The Labute approximate surface area is 242 Å². The Morgan fingerprint density at radius 3 is 2.41 bits per heavy atom. The maximum absolute atomic E-state index is 13.7. The molecule has 210 valence electrons. The van der Waals surface area contributed by atoms with Crippen molar-refractivity contribution in [3.8, 4) is 16.9 Å². The molecule has 1 saturated heterocycles. The summed E-state index contributed by atoms with van der Waals surface area (Å²) in [5.74, 6) is -1.24. The van der Waals surface area contributed by atoms with Gasteiger partial charge in [0, 0.05) is 48.7 Å². The van der Waals surface area contributed by atoms with Crippen LogP contribution in [0.2, 0.25) is 5.02 Å². The number of hydrogen-bond donors (Lipinski definition) is 2. The predicted molar refractivity (Wildman–Crippen MR) is 159 cm³/mol. The van der Waals surface area contributed by atoms with Gasteiger partial charge < -0.3 is 20.9 Å². The lowest BCUT2D eigenvalue weighted by Gasteiger charge is -2.34. The van der Waals surface area contributed by atoms with Gasteiger partial charge >= 0.3 is 0 Å². The van der Waals surface area contributed by atoms with Crippen LogP contribution in [-0.4, -0.2) is 59.7 Å². The van der Waals surface area contributed by atoms with Gasteiger partial charge in [-0.05, 0) is 79.5 Å². The molecule has 2 amide bonds. The smallest absolute Gasteiger partial charge is 0.269 e. The molecule has 1 unspecified atom stereocenters. The molecule has 2 aliphatic rings. The van der Waals surface area contributed by atoms with Gasteiger partial charge in [-0.1, -0.05) is 24.6 Å². The van der Waals surface area contributed by atoms with Crippen LogP contribution in [0.5, 0.6) is 0 Å². The quantitative estimate of drug-likeness (QED) is 0.347. The highest BCUT2D eigenvalue weighted by Gasteiger charge is 2.31. The Hall–Kier alpha value is -4.21. The van der Waals surface area contributed by atoms with Crippen molar-refractivity contribution in [2.24, 2.45) is 5.73 Å². The summed E-state index contributed by atoms with van der Waals surface area (Å²) in [6.45, 7) is 5.72. The van der Waals surface area contributed by atoms with E-state index in [-0.39, 0.29) is 23.3 Å². The second kappa shape index (κ2) is 10.6. The number of halogens is 2. The van der Waals surface area contributed by atoms with E-state index in [1.807, 2.05) is 30.3 Å². The topological polar surface area (TPSA) is 96.5 Å². The number of nitrogens with two attached hydrogens (primary N) is 1. The number of aromatic nitrogens is 2. The molecule has 1 fully saturated rings. The summed E-state index contributed by atoms with van der Waals surface area (Å²) in [5.41, 5.74) is 11.7. The van der Waals surface area contributed by atoms with Crippen molar-refractivity contribution in [3.05, 3.63) is 93.9 Å². The molecule has 1 aromatic heterocycles. The van der Waals surface area contributed by atoms with E-state index in [4.69, 9.17) is 17.3 Å². The van der Waals surface area contributed by atoms with Crippen molar-refractivity contribution >= 4 is 34.8 Å². The van der Waals surface area contributed by atoms with Crippen molar-refractivity contribution in [1.29, 1.82) is 0 Å². The molecular formula is C31H30ClFN6O2. The van der Waals surface area contributed by atoms with Gasteiger partial charge in [-0.2, -0.15) is 5.10 Å². The summed E-state index contributed by atoms with van der Waals surface area (Å²) in [7, 11) is 2.10. The number of carbonyl (C=O) groups excluding carboxylic acids is 2.